The lowest BCUT2D eigenvalue weighted by atomic mass is 9.89. The van der Waals surface area contributed by atoms with Gasteiger partial charge < -0.3 is 23.7 Å². The summed E-state index contributed by atoms with van der Waals surface area (Å²) in [4.78, 5) is 36.7. The first-order valence-corrected chi connectivity index (χ1v) is 15.2. The molecule has 0 radical (unpaired) electrons. The third kappa shape index (κ3) is 11.7. The molecule has 8 nitrogen and oxygen atoms in total. The molecule has 0 amide bonds. The van der Waals surface area contributed by atoms with Gasteiger partial charge in [0, 0.05) is 18.4 Å². The van der Waals surface area contributed by atoms with Crippen LogP contribution >= 0.6 is 0 Å². The van der Waals surface area contributed by atoms with Gasteiger partial charge in [0.1, 0.15) is 6.10 Å². The van der Waals surface area contributed by atoms with Crippen molar-refractivity contribution >= 4 is 17.9 Å². The van der Waals surface area contributed by atoms with E-state index in [1.54, 1.807) is 0 Å². The molecule has 2 fully saturated rings. The number of rotatable bonds is 6. The van der Waals surface area contributed by atoms with E-state index in [9.17, 15) is 14.4 Å². The number of cyclic esters (lactones) is 1. The second-order valence-corrected chi connectivity index (χ2v) is 11.8. The van der Waals surface area contributed by atoms with E-state index < -0.39 is 18.2 Å². The molecule has 0 saturated carbocycles. The van der Waals surface area contributed by atoms with Gasteiger partial charge in [-0.1, -0.05) is 61.4 Å². The van der Waals surface area contributed by atoms with Crippen LogP contribution in [-0.2, 0) is 38.1 Å². The summed E-state index contributed by atoms with van der Waals surface area (Å²) in [5.74, 6) is -0.764. The summed E-state index contributed by atoms with van der Waals surface area (Å²) in [6.07, 6.45) is 20.7. The lowest BCUT2D eigenvalue weighted by Gasteiger charge is -2.37. The van der Waals surface area contributed by atoms with Crippen molar-refractivity contribution < 1.29 is 38.1 Å². The maximum Gasteiger partial charge on any atom is 0.330 e. The smallest absolute Gasteiger partial charge is 0.330 e. The third-order valence-corrected chi connectivity index (χ3v) is 7.96. The quantitative estimate of drug-likeness (QED) is 0.121. The second-order valence-electron chi connectivity index (χ2n) is 11.8. The average Bonchev–Trinajstić information content (AvgIpc) is 2.94. The fraction of sp³-hybridized carbons (Fsp3) is 0.618. The highest BCUT2D eigenvalue weighted by atomic mass is 16.6. The number of esters is 3. The maximum absolute atomic E-state index is 13.2. The molecular formula is C34H48O8. The first-order chi connectivity index (χ1) is 20.1. The summed E-state index contributed by atoms with van der Waals surface area (Å²) < 4.78 is 28.5. The molecule has 0 aromatic rings. The van der Waals surface area contributed by atoms with Gasteiger partial charge in [-0.3, -0.25) is 9.59 Å². The molecule has 7 atom stereocenters. The van der Waals surface area contributed by atoms with Crippen LogP contribution in [-0.4, -0.2) is 62.6 Å². The molecule has 0 unspecified atom stereocenters. The van der Waals surface area contributed by atoms with E-state index in [1.807, 2.05) is 44.2 Å². The predicted octanol–water partition coefficient (Wildman–Crippen LogP) is 6.12. The average molecular weight is 585 g/mol. The lowest BCUT2D eigenvalue weighted by Crippen LogP contribution is -2.37. The highest BCUT2D eigenvalue weighted by molar-refractivity contribution is 5.82. The van der Waals surface area contributed by atoms with E-state index in [-0.39, 0.29) is 49.0 Å². The summed E-state index contributed by atoms with van der Waals surface area (Å²) in [5, 5.41) is 0. The molecular weight excluding hydrogens is 536 g/mol. The predicted molar refractivity (Wildman–Crippen MR) is 160 cm³/mol. The normalized spacial score (nSPS) is 33.4. The van der Waals surface area contributed by atoms with Crippen LogP contribution < -0.4 is 0 Å². The summed E-state index contributed by atoms with van der Waals surface area (Å²) in [5.41, 5.74) is 1.80. The minimum atomic E-state index is -0.474. The zero-order valence-electron chi connectivity index (χ0n) is 25.8. The molecule has 3 aliphatic rings. The first-order valence-electron chi connectivity index (χ1n) is 15.2. The van der Waals surface area contributed by atoms with E-state index in [0.29, 0.717) is 18.8 Å². The maximum atomic E-state index is 13.2. The number of ether oxygens (including phenoxy) is 5. The van der Waals surface area contributed by atoms with Crippen molar-refractivity contribution in [3.63, 3.8) is 0 Å². The van der Waals surface area contributed by atoms with E-state index in [2.05, 4.69) is 19.1 Å². The monoisotopic (exact) mass is 584 g/mol. The Hall–Kier alpha value is -2.97. The van der Waals surface area contributed by atoms with Gasteiger partial charge in [-0.25, -0.2) is 4.79 Å². The topological polar surface area (TPSA) is 97.4 Å². The molecule has 4 bridgehead atoms. The van der Waals surface area contributed by atoms with Crippen LogP contribution in [0.2, 0.25) is 0 Å². The fourth-order valence-electron chi connectivity index (χ4n) is 5.75. The molecule has 0 aromatic heterocycles. The third-order valence-electron chi connectivity index (χ3n) is 7.96. The molecule has 3 rings (SSSR count). The molecule has 2 saturated heterocycles. The Balaban J connectivity index is 1.80. The number of allylic oxidation sites excluding steroid dienone is 5. The van der Waals surface area contributed by atoms with Gasteiger partial charge in [-0.05, 0) is 57.4 Å². The van der Waals surface area contributed by atoms with E-state index >= 15 is 0 Å². The van der Waals surface area contributed by atoms with Gasteiger partial charge in [0.05, 0.1) is 51.5 Å². The standard InChI is InChI=1S/C34H48O8/c1-23(17-32(35)38-4)10-7-6-8-13-31-25(3)15-14-24(2)16-27-11-9-12-28(40-27)21-29-18-26(20-33(36)39-5)19-30(41-29)22-34(37)42-31/h6-8,10,13-15,20,24-25,27-31H,9,11-12,16-19,21-22H2,1-5H3/b7-6-,13-8+,15-14+,23-10+,26-20-/t24-,25-,27+,28-,29+,30-,31-/m1/s1. The van der Waals surface area contributed by atoms with Crippen molar-refractivity contribution in [2.24, 2.45) is 11.8 Å². The van der Waals surface area contributed by atoms with Gasteiger partial charge in [-0.15, -0.1) is 0 Å². The van der Waals surface area contributed by atoms with Crippen LogP contribution in [0.5, 0.6) is 0 Å². The molecule has 0 spiro atoms. The molecule has 8 heteroatoms. The fourth-order valence-corrected chi connectivity index (χ4v) is 5.75. The van der Waals surface area contributed by atoms with Crippen molar-refractivity contribution in [1.82, 2.24) is 0 Å². The molecule has 232 valence electrons. The number of fused-ring (bicyclic) bond motifs is 4. The van der Waals surface area contributed by atoms with Crippen LogP contribution in [0.1, 0.15) is 78.6 Å². The van der Waals surface area contributed by atoms with Crippen LogP contribution in [0.4, 0.5) is 0 Å². The molecule has 42 heavy (non-hydrogen) atoms. The Kier molecular flexibility index (Phi) is 13.7. The Labute approximate surface area is 250 Å². The first kappa shape index (κ1) is 33.5. The van der Waals surface area contributed by atoms with Crippen molar-refractivity contribution in [3.05, 3.63) is 59.8 Å². The minimum absolute atomic E-state index is 0.0552. The van der Waals surface area contributed by atoms with Crippen LogP contribution in [0.25, 0.3) is 0 Å². The zero-order chi connectivity index (χ0) is 30.5. The SMILES string of the molecule is COC(=O)/C=C1\C[C@@H]2CC(=O)O[C@H](/C=C/C=C\C=C(/C)CC(=O)OC)[C@H](C)/C=C/[C@@H](C)C[C@@H]3CCC[C@H](C[C@H](C1)O2)O3. The van der Waals surface area contributed by atoms with Gasteiger partial charge in [0.15, 0.2) is 0 Å². The highest BCUT2D eigenvalue weighted by Crippen LogP contribution is 2.33. The van der Waals surface area contributed by atoms with Gasteiger partial charge in [0.2, 0.25) is 0 Å². The molecule has 0 aromatic carbocycles. The van der Waals surface area contributed by atoms with Crippen molar-refractivity contribution in [2.75, 3.05) is 14.2 Å². The molecule has 0 N–H and O–H groups in total. The van der Waals surface area contributed by atoms with Gasteiger partial charge >= 0.3 is 17.9 Å². The number of carbonyl (C=O) groups excluding carboxylic acids is 3. The largest absolute Gasteiger partial charge is 0.469 e. The van der Waals surface area contributed by atoms with Crippen LogP contribution in [0.15, 0.2) is 59.8 Å². The summed E-state index contributed by atoms with van der Waals surface area (Å²) >= 11 is 0. The number of carbonyl (C=O) groups is 3. The minimum Gasteiger partial charge on any atom is -0.469 e. The number of methoxy groups -OCH3 is 2. The number of hydrogen-bond donors (Lipinski definition) is 0. The second kappa shape index (κ2) is 17.2. The highest BCUT2D eigenvalue weighted by Gasteiger charge is 2.33. The zero-order valence-corrected chi connectivity index (χ0v) is 25.8. The summed E-state index contributed by atoms with van der Waals surface area (Å²) in [6, 6.07) is 0. The number of hydrogen-bond acceptors (Lipinski definition) is 8. The Bertz CT molecular complexity index is 1070. The van der Waals surface area contributed by atoms with Crippen LogP contribution in [0.3, 0.4) is 0 Å². The van der Waals surface area contributed by atoms with Crippen molar-refractivity contribution in [1.29, 1.82) is 0 Å². The Morgan fingerprint density at radius 2 is 1.62 bits per heavy atom. The summed E-state index contributed by atoms with van der Waals surface area (Å²) in [6.45, 7) is 6.10. The molecule has 3 heterocycles. The van der Waals surface area contributed by atoms with E-state index in [0.717, 1.165) is 43.3 Å². The van der Waals surface area contributed by atoms with E-state index in [4.69, 9.17) is 23.7 Å². The van der Waals surface area contributed by atoms with Crippen molar-refractivity contribution in [2.45, 2.75) is 109 Å². The van der Waals surface area contributed by atoms with Gasteiger partial charge in [-0.2, -0.15) is 0 Å². The Morgan fingerprint density at radius 1 is 0.905 bits per heavy atom. The van der Waals surface area contributed by atoms with Crippen LogP contribution in [0, 0.1) is 11.8 Å². The van der Waals surface area contributed by atoms with E-state index in [1.165, 1.54) is 20.3 Å². The Morgan fingerprint density at radius 3 is 2.36 bits per heavy atom. The molecule has 3 aliphatic heterocycles. The van der Waals surface area contributed by atoms with Crippen molar-refractivity contribution in [3.8, 4) is 0 Å². The van der Waals surface area contributed by atoms with Gasteiger partial charge in [0.25, 0.3) is 0 Å². The molecule has 0 aliphatic carbocycles. The lowest BCUT2D eigenvalue weighted by molar-refractivity contribution is -0.154. The summed E-state index contributed by atoms with van der Waals surface area (Å²) in [7, 11) is 2.74.